The average molecular weight is 705 g/mol. The predicted octanol–water partition coefficient (Wildman–Crippen LogP) is 6.92. The lowest BCUT2D eigenvalue weighted by molar-refractivity contribution is -0.200. The molecule has 3 N–H and O–H groups in total. The summed E-state index contributed by atoms with van der Waals surface area (Å²) in [5, 5.41) is 6.66. The van der Waals surface area contributed by atoms with E-state index in [0.717, 1.165) is 30.4 Å². The summed E-state index contributed by atoms with van der Waals surface area (Å²) in [6, 6.07) is 26.1. The molecule has 3 atom stereocenters. The van der Waals surface area contributed by atoms with Crippen LogP contribution in [0.25, 0.3) is 11.3 Å². The van der Waals surface area contributed by atoms with Gasteiger partial charge in [-0.25, -0.2) is 9.59 Å². The Morgan fingerprint density at radius 1 is 0.900 bits per heavy atom. The number of ether oxygens (including phenoxy) is 1. The zero-order valence-electron chi connectivity index (χ0n) is 28.2. The van der Waals surface area contributed by atoms with E-state index in [1.165, 1.54) is 23.3 Å². The molecule has 3 amide bonds. The van der Waals surface area contributed by atoms with Crippen molar-refractivity contribution in [3.63, 3.8) is 0 Å². The molecule has 0 radical (unpaired) electrons. The van der Waals surface area contributed by atoms with Gasteiger partial charge in [-0.2, -0.15) is 0 Å². The fourth-order valence-electron chi connectivity index (χ4n) is 5.41. The Bertz CT molecular complexity index is 1680. The third kappa shape index (κ3) is 11.5. The van der Waals surface area contributed by atoms with Crippen LogP contribution in [0.3, 0.4) is 0 Å². The molecule has 3 unspecified atom stereocenters. The monoisotopic (exact) mass is 704 g/mol. The Kier molecular flexibility index (Phi) is 15.0. The molecule has 0 saturated heterocycles. The van der Waals surface area contributed by atoms with Crippen LogP contribution in [-0.2, 0) is 32.2 Å². The van der Waals surface area contributed by atoms with E-state index in [9.17, 15) is 23.8 Å². The normalized spacial score (nSPS) is 12.3. The number of carbonyl (C=O) groups is 3. The third-order valence-electron chi connectivity index (χ3n) is 7.93. The van der Waals surface area contributed by atoms with Gasteiger partial charge in [0, 0.05) is 16.2 Å². The van der Waals surface area contributed by atoms with Gasteiger partial charge in [-0.15, -0.1) is 4.89 Å². The molecule has 0 bridgehead atoms. The minimum atomic E-state index is -2.93. The van der Waals surface area contributed by atoms with Gasteiger partial charge in [-0.1, -0.05) is 93.8 Å². The molecule has 0 spiro atoms. The number of hydrogen-bond donors (Lipinski definition) is 3. The van der Waals surface area contributed by atoms with Crippen molar-refractivity contribution in [2.24, 2.45) is 5.92 Å². The lowest BCUT2D eigenvalue weighted by Crippen LogP contribution is -2.48. The van der Waals surface area contributed by atoms with Gasteiger partial charge in [0.25, 0.3) is 5.91 Å². The van der Waals surface area contributed by atoms with Crippen molar-refractivity contribution in [3.05, 3.63) is 108 Å². The Morgan fingerprint density at radius 2 is 1.58 bits per heavy atom. The summed E-state index contributed by atoms with van der Waals surface area (Å²) in [5.74, 6) is -0.746. The number of carbonyl (C=O) groups excluding carboxylic acids is 3. The van der Waals surface area contributed by atoms with Gasteiger partial charge in [0.15, 0.2) is 11.5 Å². The van der Waals surface area contributed by atoms with Crippen LogP contribution < -0.4 is 19.9 Å². The van der Waals surface area contributed by atoms with Crippen LogP contribution in [0, 0.1) is 5.92 Å². The van der Waals surface area contributed by atoms with Gasteiger partial charge < -0.3 is 19.8 Å². The minimum absolute atomic E-state index is 0.0204. The predicted molar refractivity (Wildman–Crippen MR) is 187 cm³/mol. The van der Waals surface area contributed by atoms with Crippen molar-refractivity contribution in [2.45, 2.75) is 65.2 Å². The summed E-state index contributed by atoms with van der Waals surface area (Å²) >= 11 is 0. The van der Waals surface area contributed by atoms with Gasteiger partial charge in [0.05, 0.1) is 18.6 Å². The van der Waals surface area contributed by atoms with Crippen LogP contribution in [-0.4, -0.2) is 40.9 Å². The summed E-state index contributed by atoms with van der Waals surface area (Å²) in [6.45, 7) is 4.22. The maximum Gasteiger partial charge on any atom is 0.747 e. The van der Waals surface area contributed by atoms with E-state index in [1.807, 2.05) is 67.6 Å². The molecule has 0 fully saturated rings. The Labute approximate surface area is 292 Å². The molecule has 0 saturated carbocycles. The van der Waals surface area contributed by atoms with E-state index in [1.54, 1.807) is 12.1 Å². The molecule has 1 aromatic heterocycles. The highest BCUT2D eigenvalue weighted by atomic mass is 31.1. The number of nitrogens with one attached hydrogen (secondary N) is 2. The second kappa shape index (κ2) is 19.8. The molecular formula is C37H43N3O9P+. The van der Waals surface area contributed by atoms with Crippen LogP contribution >= 0.6 is 8.25 Å². The van der Waals surface area contributed by atoms with Gasteiger partial charge in [-0.3, -0.25) is 19.2 Å². The van der Waals surface area contributed by atoms with Crippen molar-refractivity contribution < 1.29 is 42.4 Å². The molecule has 4 rings (SSSR count). The van der Waals surface area contributed by atoms with Crippen LogP contribution in [0.15, 0.2) is 95.4 Å². The molecule has 1 heterocycles. The zero-order chi connectivity index (χ0) is 35.7. The zero-order valence-corrected chi connectivity index (χ0v) is 29.1. The highest BCUT2D eigenvalue weighted by molar-refractivity contribution is 7.32. The standard InChI is InChI=1S/C37H42N3O9P/c1-3-5-8-17-32(33(4-2)40(26-41)47-24-28-15-11-7-12-16-28)36(42)38-25-39-37(43)35-19-18-34(48-35)29-20-30(22-31(21-29)49-50(44)45)46-23-27-13-9-6-10-14-27/h6-7,9-16,18-22,26,32-33H,3-5,8,17,23-25H2,1-2H3,(H2-,38,39,42,43,44,45)/p+1. The first-order valence-electron chi connectivity index (χ1n) is 16.5. The Balaban J connectivity index is 1.39. The first-order chi connectivity index (χ1) is 24.3. The molecule has 264 valence electrons. The van der Waals surface area contributed by atoms with Crippen LogP contribution in [0.4, 0.5) is 0 Å². The van der Waals surface area contributed by atoms with Crippen molar-refractivity contribution in [3.8, 4) is 22.8 Å². The first kappa shape index (κ1) is 37.8. The number of hydrogen-bond acceptors (Lipinski definition) is 8. The maximum absolute atomic E-state index is 13.5. The summed E-state index contributed by atoms with van der Waals surface area (Å²) < 4.78 is 28.1. The Morgan fingerprint density at radius 3 is 2.22 bits per heavy atom. The first-order valence-corrected chi connectivity index (χ1v) is 17.7. The van der Waals surface area contributed by atoms with Gasteiger partial charge in [-0.05, 0) is 48.2 Å². The fraction of sp³-hybridized carbons (Fsp3) is 0.324. The molecule has 4 aromatic rings. The smallest absolute Gasteiger partial charge is 0.489 e. The summed E-state index contributed by atoms with van der Waals surface area (Å²) in [7, 11) is -2.93. The SMILES string of the molecule is CCCCCC(C(=O)NCNC(=O)c1ccc(-c2cc(OCc3ccccc3)cc(O[P+](=O)O)c2)o1)C(CC)N(C=O)OCc1ccccc1. The van der Waals surface area contributed by atoms with Gasteiger partial charge in [0.1, 0.15) is 24.7 Å². The summed E-state index contributed by atoms with van der Waals surface area (Å²) in [4.78, 5) is 53.7. The number of benzene rings is 3. The molecule has 12 nitrogen and oxygen atoms in total. The van der Waals surface area contributed by atoms with E-state index < -0.39 is 26.1 Å². The van der Waals surface area contributed by atoms with Gasteiger partial charge in [0.2, 0.25) is 12.3 Å². The molecular weight excluding hydrogens is 661 g/mol. The molecule has 13 heteroatoms. The van der Waals surface area contributed by atoms with E-state index in [0.29, 0.717) is 30.6 Å². The lowest BCUT2D eigenvalue weighted by atomic mass is 9.90. The van der Waals surface area contributed by atoms with Crippen LogP contribution in [0.2, 0.25) is 0 Å². The largest absolute Gasteiger partial charge is 0.747 e. The number of amides is 3. The Hall–Kier alpha value is -5.03. The topological polar surface area (TPSA) is 157 Å². The highest BCUT2D eigenvalue weighted by Gasteiger charge is 2.32. The number of furan rings is 1. The minimum Gasteiger partial charge on any atom is -0.489 e. The molecule has 0 aliphatic heterocycles. The lowest BCUT2D eigenvalue weighted by Gasteiger charge is -2.32. The van der Waals surface area contributed by atoms with Crippen LogP contribution in [0.1, 0.15) is 67.6 Å². The summed E-state index contributed by atoms with van der Waals surface area (Å²) in [6.07, 6.45) is 4.32. The van der Waals surface area contributed by atoms with E-state index >= 15 is 0 Å². The van der Waals surface area contributed by atoms with E-state index in [4.69, 9.17) is 18.5 Å². The van der Waals surface area contributed by atoms with Crippen molar-refractivity contribution in [2.75, 3.05) is 6.67 Å². The second-order valence-corrected chi connectivity index (χ2v) is 12.1. The van der Waals surface area contributed by atoms with Crippen LogP contribution in [0.5, 0.6) is 11.5 Å². The number of unbranched alkanes of at least 4 members (excludes halogenated alkanes) is 2. The van der Waals surface area contributed by atoms with Crippen molar-refractivity contribution >= 4 is 26.5 Å². The quantitative estimate of drug-likeness (QED) is 0.0275. The number of hydroxylamine groups is 2. The summed E-state index contributed by atoms with van der Waals surface area (Å²) in [5.41, 5.74) is 2.27. The maximum atomic E-state index is 13.5. The molecule has 50 heavy (non-hydrogen) atoms. The fourth-order valence-corrected chi connectivity index (χ4v) is 5.69. The van der Waals surface area contributed by atoms with E-state index in [2.05, 4.69) is 17.6 Å². The van der Waals surface area contributed by atoms with E-state index in [-0.39, 0.29) is 43.1 Å². The number of nitrogens with zero attached hydrogens (tertiary/aromatic N) is 1. The molecule has 3 aromatic carbocycles. The second-order valence-electron chi connectivity index (χ2n) is 11.5. The molecule has 0 aliphatic rings. The van der Waals surface area contributed by atoms with Crippen molar-refractivity contribution in [1.29, 1.82) is 0 Å². The third-order valence-corrected chi connectivity index (χ3v) is 8.30. The van der Waals surface area contributed by atoms with Gasteiger partial charge >= 0.3 is 8.25 Å². The average Bonchev–Trinajstić information content (AvgIpc) is 3.63. The van der Waals surface area contributed by atoms with Crippen molar-refractivity contribution in [1.82, 2.24) is 15.7 Å². The molecule has 0 aliphatic carbocycles. The number of rotatable bonds is 21. The highest BCUT2D eigenvalue weighted by Crippen LogP contribution is 2.34.